The normalized spacial score (nSPS) is 19.1. The number of hydroxylamine groups is 2. The van der Waals surface area contributed by atoms with Crippen LogP contribution in [-0.2, 0) is 47.5 Å². The van der Waals surface area contributed by atoms with Crippen molar-refractivity contribution in [1.29, 1.82) is 0 Å². The molecule has 0 radical (unpaired) electrons. The molecule has 1 aromatic carbocycles. The van der Waals surface area contributed by atoms with Gasteiger partial charge in [0.2, 0.25) is 5.52 Å². The number of hydrogen-bond acceptors (Lipinski definition) is 13. The van der Waals surface area contributed by atoms with Crippen LogP contribution in [0.15, 0.2) is 34.9 Å². The lowest BCUT2D eigenvalue weighted by Gasteiger charge is -2.50. The van der Waals surface area contributed by atoms with Gasteiger partial charge in [0.05, 0.1) is 23.7 Å². The molecule has 20 heteroatoms. The van der Waals surface area contributed by atoms with Crippen molar-refractivity contribution in [3.05, 3.63) is 35.5 Å². The summed E-state index contributed by atoms with van der Waals surface area (Å²) in [5.74, 6) is -2.50. The number of carboxylic acid groups (broad SMARTS) is 1. The monoisotopic (exact) mass is 667 g/mol. The Morgan fingerprint density at radius 3 is 2.67 bits per heavy atom. The Morgan fingerprint density at radius 2 is 2.09 bits per heavy atom. The molecule has 0 saturated carbocycles. The second-order valence-electron chi connectivity index (χ2n) is 11.0. The molecule has 2 amide bonds. The minimum Gasteiger partial charge on any atom is -0.489 e. The Kier molecular flexibility index (Phi) is 8.68. The summed E-state index contributed by atoms with van der Waals surface area (Å²) in [6, 6.07) is 4.01. The fourth-order valence-electron chi connectivity index (χ4n) is 4.78. The maximum absolute atomic E-state index is 13.2. The highest BCUT2D eigenvalue weighted by molar-refractivity contribution is 7.80. The number of carbonyl (C=O) groups is 3. The van der Waals surface area contributed by atoms with Gasteiger partial charge in [-0.25, -0.2) is 9.78 Å². The molecule has 2 fully saturated rings. The van der Waals surface area contributed by atoms with Gasteiger partial charge in [-0.3, -0.25) is 14.1 Å². The molecule has 242 valence electrons. The molecule has 0 spiro atoms. The predicted octanol–water partition coefficient (Wildman–Crippen LogP) is -1.18. The third-order valence-electron chi connectivity index (χ3n) is 7.38. The van der Waals surface area contributed by atoms with Crippen molar-refractivity contribution in [3.63, 3.8) is 0 Å². The van der Waals surface area contributed by atoms with Gasteiger partial charge < -0.3 is 31.0 Å². The first-order valence-electron chi connectivity index (χ1n) is 13.5. The Labute approximate surface area is 260 Å². The van der Waals surface area contributed by atoms with Crippen molar-refractivity contribution in [2.45, 2.75) is 38.1 Å². The fraction of sp³-hybridized carbons (Fsp3) is 0.440. The number of anilines is 1. The first kappa shape index (κ1) is 32.0. The van der Waals surface area contributed by atoms with Crippen molar-refractivity contribution in [1.82, 2.24) is 25.4 Å². The molecular formula is C25H31N8O10S2+. The van der Waals surface area contributed by atoms with Crippen LogP contribution in [-0.4, -0.2) is 93.7 Å². The molecule has 2 aromatic heterocycles. The van der Waals surface area contributed by atoms with Gasteiger partial charge >= 0.3 is 16.4 Å². The quantitative estimate of drug-likeness (QED) is 0.0475. The number of ether oxygens (including phenoxy) is 1. The van der Waals surface area contributed by atoms with Gasteiger partial charge in [0.1, 0.15) is 24.1 Å². The van der Waals surface area contributed by atoms with Gasteiger partial charge in [0, 0.05) is 30.5 Å². The summed E-state index contributed by atoms with van der Waals surface area (Å²) in [5, 5.41) is 21.8. The Balaban J connectivity index is 1.29. The molecule has 6 N–H and O–H groups in total. The number of aliphatic carboxylic acids is 1. The van der Waals surface area contributed by atoms with E-state index in [1.807, 2.05) is 24.0 Å². The molecule has 2 atom stereocenters. The number of oxime groups is 1. The number of amides is 2. The number of benzene rings is 1. The zero-order valence-corrected chi connectivity index (χ0v) is 25.9. The van der Waals surface area contributed by atoms with E-state index < -0.39 is 58.2 Å². The number of carbonyl (C=O) groups excluding carboxylic acids is 2. The van der Waals surface area contributed by atoms with Crippen molar-refractivity contribution in [3.8, 4) is 5.75 Å². The van der Waals surface area contributed by atoms with Crippen molar-refractivity contribution in [2.75, 3.05) is 25.4 Å². The molecule has 4 heterocycles. The summed E-state index contributed by atoms with van der Waals surface area (Å²) in [4.78, 5) is 46.9. The third kappa shape index (κ3) is 6.83. The van der Waals surface area contributed by atoms with Crippen LogP contribution in [0.25, 0.3) is 10.9 Å². The largest absolute Gasteiger partial charge is 0.489 e. The van der Waals surface area contributed by atoms with Gasteiger partial charge in [-0.05, 0) is 26.0 Å². The molecule has 2 aliphatic rings. The lowest BCUT2D eigenvalue weighted by molar-refractivity contribution is -0.731. The predicted molar refractivity (Wildman–Crippen MR) is 156 cm³/mol. The summed E-state index contributed by atoms with van der Waals surface area (Å²) in [6.07, 6.45) is 0.328. The van der Waals surface area contributed by atoms with Gasteiger partial charge in [-0.1, -0.05) is 5.16 Å². The van der Waals surface area contributed by atoms with Gasteiger partial charge in [-0.2, -0.15) is 18.2 Å². The standard InChI is InChI=1S/C25H30N8O10S2/c1-25(2)20(22(35)33(25)43-45(38,39)40)29-21(34)19(16-12-44-24(26)28-16)30-42-18(23(36)37)11-41-15-4-5-17-14(6-15)10-32(31(17)3)9-13-7-27-8-13/h4-6,10,12-13,18,20,27H,7-9,11H2,1-3H3,(H4-,26,28,29,34,36,37,38,39,40)/p+1. The molecule has 2 saturated heterocycles. The van der Waals surface area contributed by atoms with Crippen LogP contribution in [0.2, 0.25) is 0 Å². The molecule has 2 aliphatic heterocycles. The highest BCUT2D eigenvalue weighted by Crippen LogP contribution is 2.33. The van der Waals surface area contributed by atoms with Gasteiger partial charge in [-0.15, -0.1) is 20.3 Å². The average molecular weight is 668 g/mol. The number of aryl methyl sites for hydroxylation is 1. The zero-order chi connectivity index (χ0) is 32.7. The number of aromatic nitrogens is 3. The lowest BCUT2D eigenvalue weighted by Crippen LogP contribution is -2.76. The van der Waals surface area contributed by atoms with Crippen molar-refractivity contribution >= 4 is 61.3 Å². The average Bonchev–Trinajstić information content (AvgIpc) is 3.50. The van der Waals surface area contributed by atoms with Crippen LogP contribution in [0.1, 0.15) is 19.5 Å². The van der Waals surface area contributed by atoms with Crippen LogP contribution in [0, 0.1) is 5.92 Å². The Bertz CT molecular complexity index is 1780. The number of thiazole rings is 1. The van der Waals surface area contributed by atoms with E-state index in [0.29, 0.717) is 16.7 Å². The van der Waals surface area contributed by atoms with E-state index in [0.717, 1.165) is 41.9 Å². The summed E-state index contributed by atoms with van der Waals surface area (Å²) < 4.78 is 45.3. The summed E-state index contributed by atoms with van der Waals surface area (Å²) in [7, 11) is -3.05. The molecule has 0 aliphatic carbocycles. The number of nitrogens with two attached hydrogens (primary N) is 1. The number of nitrogen functional groups attached to an aromatic ring is 1. The van der Waals surface area contributed by atoms with E-state index >= 15 is 0 Å². The van der Waals surface area contributed by atoms with E-state index in [1.54, 1.807) is 12.1 Å². The van der Waals surface area contributed by atoms with Crippen LogP contribution < -0.4 is 25.8 Å². The van der Waals surface area contributed by atoms with Gasteiger partial charge in [0.15, 0.2) is 17.9 Å². The second-order valence-corrected chi connectivity index (χ2v) is 12.9. The van der Waals surface area contributed by atoms with Crippen LogP contribution in [0.3, 0.4) is 0 Å². The lowest BCUT2D eigenvalue weighted by atomic mass is 9.84. The van der Waals surface area contributed by atoms with E-state index in [9.17, 15) is 27.9 Å². The van der Waals surface area contributed by atoms with Crippen molar-refractivity contribution in [2.24, 2.45) is 18.1 Å². The third-order valence-corrected chi connectivity index (χ3v) is 8.39. The maximum Gasteiger partial charge on any atom is 0.418 e. The Hall–Kier alpha value is -4.37. The number of nitrogens with one attached hydrogen (secondary N) is 2. The summed E-state index contributed by atoms with van der Waals surface area (Å²) in [5.41, 5.74) is 4.66. The minimum atomic E-state index is -5.01. The SMILES string of the molecule is C[n+]1c2ccc(OCC(ON=C(C(=O)NC3C(=O)N(OS(=O)(=O)O)C3(C)C)c3csc(N)n3)C(=O)O)cc2cn1CC1CNC1. The number of carboxylic acids is 1. The number of rotatable bonds is 13. The molecule has 5 rings (SSSR count). The first-order chi connectivity index (χ1) is 21.1. The van der Waals surface area contributed by atoms with E-state index in [4.69, 9.17) is 19.9 Å². The van der Waals surface area contributed by atoms with E-state index in [-0.39, 0.29) is 10.8 Å². The molecule has 18 nitrogen and oxygen atoms in total. The van der Waals surface area contributed by atoms with Crippen LogP contribution in [0.5, 0.6) is 5.75 Å². The topological polar surface area (TPSA) is 241 Å². The maximum atomic E-state index is 13.2. The summed E-state index contributed by atoms with van der Waals surface area (Å²) >= 11 is 0.968. The number of nitrogens with zero attached hydrogens (tertiary/aromatic N) is 5. The molecule has 45 heavy (non-hydrogen) atoms. The molecule has 0 bridgehead atoms. The Morgan fingerprint density at radius 1 is 1.36 bits per heavy atom. The number of β-lactam (4-membered cyclic amide) rings is 1. The smallest absolute Gasteiger partial charge is 0.418 e. The molecular weight excluding hydrogens is 636 g/mol. The second kappa shape index (κ2) is 12.2. The minimum absolute atomic E-state index is 0.0679. The van der Waals surface area contributed by atoms with Crippen LogP contribution in [0.4, 0.5) is 5.13 Å². The fourth-order valence-corrected chi connectivity index (χ4v) is 5.78. The van der Waals surface area contributed by atoms with E-state index in [2.05, 4.69) is 29.7 Å². The van der Waals surface area contributed by atoms with Crippen LogP contribution >= 0.6 is 11.3 Å². The van der Waals surface area contributed by atoms with Gasteiger partial charge in [0.25, 0.3) is 17.9 Å². The van der Waals surface area contributed by atoms with E-state index in [1.165, 1.54) is 19.2 Å². The number of hydrogen-bond donors (Lipinski definition) is 5. The zero-order valence-electron chi connectivity index (χ0n) is 24.2. The highest BCUT2D eigenvalue weighted by Gasteiger charge is 2.58. The molecule has 3 aromatic rings. The first-order valence-corrected chi connectivity index (χ1v) is 15.7. The molecule has 2 unspecified atom stereocenters. The number of fused-ring (bicyclic) bond motifs is 1. The summed E-state index contributed by atoms with van der Waals surface area (Å²) in [6.45, 7) is 5.04. The van der Waals surface area contributed by atoms with Crippen molar-refractivity contribution < 1.29 is 51.0 Å². The highest BCUT2D eigenvalue weighted by atomic mass is 32.3.